The van der Waals surface area contributed by atoms with Crippen molar-refractivity contribution in [2.24, 2.45) is 5.73 Å². The monoisotopic (exact) mass is 350 g/mol. The van der Waals surface area contributed by atoms with Crippen molar-refractivity contribution >= 4 is 22.7 Å². The molecular weight excluding hydrogens is 332 g/mol. The zero-order valence-corrected chi connectivity index (χ0v) is 14.0. The number of carbonyl (C=O) groups is 2. The molecular formula is C19H18N4O3. The second-order valence-electron chi connectivity index (χ2n) is 6.41. The van der Waals surface area contributed by atoms with E-state index < -0.39 is 11.9 Å². The van der Waals surface area contributed by atoms with E-state index in [-0.39, 0.29) is 11.7 Å². The summed E-state index contributed by atoms with van der Waals surface area (Å²) in [7, 11) is 0. The summed E-state index contributed by atoms with van der Waals surface area (Å²) in [5.74, 6) is -0.500. The van der Waals surface area contributed by atoms with Crippen molar-refractivity contribution < 1.29 is 14.7 Å². The molecule has 0 radical (unpaired) electrons. The Bertz CT molecular complexity index is 1010. The van der Waals surface area contributed by atoms with E-state index in [2.05, 4.69) is 5.10 Å². The molecule has 1 aliphatic heterocycles. The highest BCUT2D eigenvalue weighted by molar-refractivity contribution is 5.98. The quantitative estimate of drug-likeness (QED) is 0.752. The summed E-state index contributed by atoms with van der Waals surface area (Å²) in [5, 5.41) is 14.7. The Balaban J connectivity index is 1.70. The second-order valence-corrected chi connectivity index (χ2v) is 6.41. The van der Waals surface area contributed by atoms with Crippen LogP contribution in [0.15, 0.2) is 48.7 Å². The standard InChI is InChI=1S/C19H18N4O3/c20-18(25)17-5-2-8-22(17)19(26)12-3-1-4-14(9-12)23-16-7-6-15(24)10-13(16)11-21-23/h1,3-4,6-7,9-11,17,24H,2,5,8H2,(H2,20,25)/t17-/m0/s1. The summed E-state index contributed by atoms with van der Waals surface area (Å²) < 4.78 is 1.71. The van der Waals surface area contributed by atoms with Crippen LogP contribution in [0.3, 0.4) is 0 Å². The molecule has 132 valence electrons. The van der Waals surface area contributed by atoms with Crippen LogP contribution in [0.5, 0.6) is 5.75 Å². The van der Waals surface area contributed by atoms with Crippen molar-refractivity contribution in [3.05, 3.63) is 54.2 Å². The van der Waals surface area contributed by atoms with Crippen LogP contribution in [0.2, 0.25) is 0 Å². The number of phenols is 1. The van der Waals surface area contributed by atoms with Crippen LogP contribution in [-0.2, 0) is 4.79 Å². The van der Waals surface area contributed by atoms with Gasteiger partial charge in [-0.05, 0) is 49.2 Å². The minimum absolute atomic E-state index is 0.174. The van der Waals surface area contributed by atoms with Gasteiger partial charge < -0.3 is 15.7 Å². The van der Waals surface area contributed by atoms with Crippen molar-refractivity contribution in [1.29, 1.82) is 0 Å². The molecule has 1 fully saturated rings. The van der Waals surface area contributed by atoms with Crippen LogP contribution in [-0.4, -0.2) is 44.2 Å². The molecule has 7 nitrogen and oxygen atoms in total. The minimum Gasteiger partial charge on any atom is -0.508 e. The summed E-state index contributed by atoms with van der Waals surface area (Å²) in [6.45, 7) is 0.528. The van der Waals surface area contributed by atoms with Gasteiger partial charge in [0.25, 0.3) is 5.91 Å². The van der Waals surface area contributed by atoms with E-state index in [0.29, 0.717) is 18.5 Å². The van der Waals surface area contributed by atoms with E-state index in [0.717, 1.165) is 23.0 Å². The third-order valence-corrected chi connectivity index (χ3v) is 4.73. The van der Waals surface area contributed by atoms with Gasteiger partial charge in [0, 0.05) is 17.5 Å². The van der Waals surface area contributed by atoms with Crippen LogP contribution >= 0.6 is 0 Å². The lowest BCUT2D eigenvalue weighted by atomic mass is 10.1. The third-order valence-electron chi connectivity index (χ3n) is 4.73. The van der Waals surface area contributed by atoms with Crippen molar-refractivity contribution in [1.82, 2.24) is 14.7 Å². The molecule has 0 bridgehead atoms. The molecule has 4 rings (SSSR count). The Hall–Kier alpha value is -3.35. The Morgan fingerprint density at radius 1 is 1.19 bits per heavy atom. The molecule has 2 aromatic carbocycles. The van der Waals surface area contributed by atoms with Crippen molar-refractivity contribution in [3.8, 4) is 11.4 Å². The van der Waals surface area contributed by atoms with E-state index in [1.54, 1.807) is 52.2 Å². The molecule has 3 aromatic rings. The number of fused-ring (bicyclic) bond motifs is 1. The van der Waals surface area contributed by atoms with Gasteiger partial charge in [-0.25, -0.2) is 4.68 Å². The van der Waals surface area contributed by atoms with Crippen LogP contribution in [0.25, 0.3) is 16.6 Å². The maximum absolute atomic E-state index is 12.8. The normalized spacial score (nSPS) is 16.9. The molecule has 26 heavy (non-hydrogen) atoms. The molecule has 3 N–H and O–H groups in total. The molecule has 7 heteroatoms. The lowest BCUT2D eigenvalue weighted by Crippen LogP contribution is -2.43. The van der Waals surface area contributed by atoms with Crippen molar-refractivity contribution in [3.63, 3.8) is 0 Å². The highest BCUT2D eigenvalue weighted by Gasteiger charge is 2.33. The van der Waals surface area contributed by atoms with E-state index in [9.17, 15) is 14.7 Å². The molecule has 2 heterocycles. The molecule has 1 aliphatic rings. The molecule has 0 unspecified atom stereocenters. The minimum atomic E-state index is -0.542. The van der Waals surface area contributed by atoms with Gasteiger partial charge in [0.15, 0.2) is 0 Å². The Morgan fingerprint density at radius 3 is 2.85 bits per heavy atom. The zero-order valence-electron chi connectivity index (χ0n) is 14.0. The maximum Gasteiger partial charge on any atom is 0.254 e. The first-order valence-corrected chi connectivity index (χ1v) is 8.42. The van der Waals surface area contributed by atoms with Crippen LogP contribution < -0.4 is 5.73 Å². The van der Waals surface area contributed by atoms with Gasteiger partial charge in [0.2, 0.25) is 5.91 Å². The number of rotatable bonds is 3. The molecule has 0 aliphatic carbocycles. The third kappa shape index (κ3) is 2.67. The molecule has 0 spiro atoms. The van der Waals surface area contributed by atoms with Crippen LogP contribution in [0.1, 0.15) is 23.2 Å². The summed E-state index contributed by atoms with van der Waals surface area (Å²) in [4.78, 5) is 26.0. The summed E-state index contributed by atoms with van der Waals surface area (Å²) in [6, 6.07) is 11.6. The zero-order chi connectivity index (χ0) is 18.3. The maximum atomic E-state index is 12.8. The van der Waals surface area contributed by atoms with Gasteiger partial charge in [0.05, 0.1) is 17.4 Å². The Kier molecular flexibility index (Phi) is 3.84. The second kappa shape index (κ2) is 6.18. The SMILES string of the molecule is NC(=O)[C@@H]1CCCN1C(=O)c1cccc(-n2ncc3cc(O)ccc32)c1. The lowest BCUT2D eigenvalue weighted by Gasteiger charge is -2.22. The summed E-state index contributed by atoms with van der Waals surface area (Å²) >= 11 is 0. The first kappa shape index (κ1) is 16.1. The largest absolute Gasteiger partial charge is 0.508 e. The fraction of sp³-hybridized carbons (Fsp3) is 0.211. The Morgan fingerprint density at radius 2 is 2.04 bits per heavy atom. The molecule has 2 amide bonds. The highest BCUT2D eigenvalue weighted by atomic mass is 16.3. The van der Waals surface area contributed by atoms with Gasteiger partial charge >= 0.3 is 0 Å². The number of likely N-dealkylation sites (tertiary alicyclic amines) is 1. The van der Waals surface area contributed by atoms with Gasteiger partial charge in [-0.2, -0.15) is 5.10 Å². The number of hydrogen-bond donors (Lipinski definition) is 2. The predicted octanol–water partition coefficient (Wildman–Crippen LogP) is 1.82. The van der Waals surface area contributed by atoms with Gasteiger partial charge in [-0.3, -0.25) is 9.59 Å². The van der Waals surface area contributed by atoms with Crippen molar-refractivity contribution in [2.75, 3.05) is 6.54 Å². The first-order valence-electron chi connectivity index (χ1n) is 8.42. The number of amides is 2. The average molecular weight is 350 g/mol. The number of hydrogen-bond acceptors (Lipinski definition) is 4. The topological polar surface area (TPSA) is 101 Å². The number of phenolic OH excluding ortho intramolecular Hbond substituents is 1. The molecule has 1 aromatic heterocycles. The average Bonchev–Trinajstić information content (AvgIpc) is 3.28. The number of nitrogens with two attached hydrogens (primary N) is 1. The first-order chi connectivity index (χ1) is 12.5. The van der Waals surface area contributed by atoms with Crippen molar-refractivity contribution in [2.45, 2.75) is 18.9 Å². The van der Waals surface area contributed by atoms with Crippen LogP contribution in [0, 0.1) is 0 Å². The van der Waals surface area contributed by atoms with E-state index in [1.165, 1.54) is 0 Å². The number of aromatic hydroxyl groups is 1. The number of benzene rings is 2. The molecule has 1 saturated heterocycles. The summed E-state index contributed by atoms with van der Waals surface area (Å²) in [6.07, 6.45) is 3.04. The van der Waals surface area contributed by atoms with E-state index >= 15 is 0 Å². The van der Waals surface area contributed by atoms with E-state index in [4.69, 9.17) is 5.73 Å². The lowest BCUT2D eigenvalue weighted by molar-refractivity contribution is -0.121. The number of carbonyl (C=O) groups excluding carboxylic acids is 2. The Labute approximate surface area is 149 Å². The fourth-order valence-electron chi connectivity index (χ4n) is 3.47. The molecule has 0 saturated carbocycles. The summed E-state index contributed by atoms with van der Waals surface area (Å²) in [5.41, 5.74) is 7.45. The van der Waals surface area contributed by atoms with Gasteiger partial charge in [-0.1, -0.05) is 6.07 Å². The highest BCUT2D eigenvalue weighted by Crippen LogP contribution is 2.24. The number of nitrogens with zero attached hydrogens (tertiary/aromatic N) is 3. The smallest absolute Gasteiger partial charge is 0.254 e. The van der Waals surface area contributed by atoms with Gasteiger partial charge in [0.1, 0.15) is 11.8 Å². The van der Waals surface area contributed by atoms with E-state index in [1.807, 2.05) is 6.07 Å². The fourth-order valence-corrected chi connectivity index (χ4v) is 3.47. The number of aromatic nitrogens is 2. The van der Waals surface area contributed by atoms with Gasteiger partial charge in [-0.15, -0.1) is 0 Å². The number of primary amides is 1. The molecule has 1 atom stereocenters. The van der Waals surface area contributed by atoms with Crippen LogP contribution in [0.4, 0.5) is 0 Å². The predicted molar refractivity (Wildman–Crippen MR) is 96.0 cm³/mol.